The average molecular weight is 190 g/mol. The number of halogens is 1. The number of ether oxygens (including phenoxy) is 1. The lowest BCUT2D eigenvalue weighted by molar-refractivity contribution is 0.111. The van der Waals surface area contributed by atoms with Gasteiger partial charge in [0, 0.05) is 13.3 Å². The van der Waals surface area contributed by atoms with E-state index in [-0.39, 0.29) is 24.8 Å². The summed E-state index contributed by atoms with van der Waals surface area (Å²) in [5.74, 6) is 0.0505. The predicted molar refractivity (Wildman–Crippen MR) is 42.4 cm³/mol. The summed E-state index contributed by atoms with van der Waals surface area (Å²) in [5, 5.41) is 0. The SMILES string of the molecule is COCc1cn(SF)c(C=O)n1. The normalized spacial score (nSPS) is 10.2. The van der Waals surface area contributed by atoms with E-state index in [2.05, 4.69) is 4.98 Å². The van der Waals surface area contributed by atoms with E-state index in [0.29, 0.717) is 12.0 Å². The first-order valence-electron chi connectivity index (χ1n) is 3.13. The molecule has 0 amide bonds. The summed E-state index contributed by atoms with van der Waals surface area (Å²) in [6, 6.07) is 0. The summed E-state index contributed by atoms with van der Waals surface area (Å²) < 4.78 is 17.9. The van der Waals surface area contributed by atoms with Gasteiger partial charge in [-0.05, 0) is 0 Å². The second-order valence-electron chi connectivity index (χ2n) is 2.04. The first-order valence-corrected chi connectivity index (χ1v) is 3.80. The van der Waals surface area contributed by atoms with E-state index in [1.165, 1.54) is 13.3 Å². The van der Waals surface area contributed by atoms with E-state index in [0.717, 1.165) is 3.97 Å². The van der Waals surface area contributed by atoms with Crippen LogP contribution in [0.4, 0.5) is 3.89 Å². The van der Waals surface area contributed by atoms with Crippen molar-refractivity contribution in [3.8, 4) is 0 Å². The van der Waals surface area contributed by atoms with Crippen molar-refractivity contribution < 1.29 is 13.4 Å². The van der Waals surface area contributed by atoms with E-state index in [9.17, 15) is 8.68 Å². The number of carbonyl (C=O) groups is 1. The zero-order chi connectivity index (χ0) is 8.97. The minimum absolute atomic E-state index is 0.0505. The van der Waals surface area contributed by atoms with Crippen LogP contribution >= 0.6 is 12.3 Å². The zero-order valence-corrected chi connectivity index (χ0v) is 7.18. The number of hydrogen-bond acceptors (Lipinski definition) is 4. The van der Waals surface area contributed by atoms with Crippen LogP contribution in [0.5, 0.6) is 0 Å². The van der Waals surface area contributed by atoms with Gasteiger partial charge < -0.3 is 4.74 Å². The number of aromatic nitrogens is 2. The molecule has 0 bridgehead atoms. The smallest absolute Gasteiger partial charge is 0.186 e. The van der Waals surface area contributed by atoms with E-state index in [4.69, 9.17) is 4.74 Å². The Bertz CT molecular complexity index is 277. The van der Waals surface area contributed by atoms with Gasteiger partial charge in [-0.25, -0.2) is 8.96 Å². The fourth-order valence-corrected chi connectivity index (χ4v) is 1.09. The fraction of sp³-hybridized carbons (Fsp3) is 0.333. The molecule has 0 fully saturated rings. The van der Waals surface area contributed by atoms with Gasteiger partial charge in [0.1, 0.15) is 0 Å². The van der Waals surface area contributed by atoms with Crippen LogP contribution in [0.1, 0.15) is 16.3 Å². The third-order valence-corrected chi connectivity index (χ3v) is 1.66. The Balaban J connectivity index is 2.88. The second kappa shape index (κ2) is 4.22. The van der Waals surface area contributed by atoms with Gasteiger partial charge in [-0.15, -0.1) is 3.89 Å². The molecule has 0 radical (unpaired) electrons. The molecule has 1 rings (SSSR count). The first kappa shape index (κ1) is 9.21. The Labute approximate surface area is 73.2 Å². The van der Waals surface area contributed by atoms with Crippen LogP contribution in [0, 0.1) is 0 Å². The number of hydrogen-bond donors (Lipinski definition) is 0. The summed E-state index contributed by atoms with van der Waals surface area (Å²) in [6.45, 7) is 0.272. The molecule has 0 saturated heterocycles. The number of nitrogens with zero attached hydrogens (tertiary/aromatic N) is 2. The molecule has 12 heavy (non-hydrogen) atoms. The molecule has 0 spiro atoms. The molecule has 0 aliphatic heterocycles. The maximum absolute atomic E-state index is 12.1. The van der Waals surface area contributed by atoms with Crippen LogP contribution in [0.15, 0.2) is 6.20 Å². The standard InChI is InChI=1S/C6H7FN2O2S/c1-11-4-5-2-9(12-7)6(3-10)8-5/h2-3H,4H2,1H3. The van der Waals surface area contributed by atoms with Gasteiger partial charge in [-0.1, -0.05) is 0 Å². The van der Waals surface area contributed by atoms with Crippen molar-refractivity contribution in [2.24, 2.45) is 0 Å². The van der Waals surface area contributed by atoms with Crippen molar-refractivity contribution in [3.63, 3.8) is 0 Å². The van der Waals surface area contributed by atoms with Crippen LogP contribution in [-0.4, -0.2) is 22.4 Å². The summed E-state index contributed by atoms with van der Waals surface area (Å²) in [6.07, 6.45) is 1.91. The van der Waals surface area contributed by atoms with Crippen molar-refractivity contribution in [1.29, 1.82) is 0 Å². The maximum Gasteiger partial charge on any atom is 0.186 e. The Hall–Kier alpha value is -0.880. The Kier molecular flexibility index (Phi) is 3.24. The molecule has 6 heteroatoms. The molecule has 0 unspecified atom stereocenters. The Morgan fingerprint density at radius 2 is 2.67 bits per heavy atom. The highest BCUT2D eigenvalue weighted by Gasteiger charge is 2.06. The molecule has 0 aliphatic carbocycles. The first-order chi connectivity index (χ1) is 5.81. The molecule has 4 nitrogen and oxygen atoms in total. The van der Waals surface area contributed by atoms with Gasteiger partial charge in [0.2, 0.25) is 0 Å². The lowest BCUT2D eigenvalue weighted by atomic mass is 10.5. The summed E-state index contributed by atoms with van der Waals surface area (Å²) in [5.41, 5.74) is 0.532. The molecule has 1 heterocycles. The molecule has 0 atom stereocenters. The van der Waals surface area contributed by atoms with E-state index >= 15 is 0 Å². The molecule has 1 aromatic rings. The molecular formula is C6H7FN2O2S. The molecule has 1 aromatic heterocycles. The van der Waals surface area contributed by atoms with Crippen LogP contribution in [0.2, 0.25) is 0 Å². The van der Waals surface area contributed by atoms with Gasteiger partial charge in [-0.3, -0.25) is 4.79 Å². The molecule has 0 aromatic carbocycles. The largest absolute Gasteiger partial charge is 0.378 e. The third-order valence-electron chi connectivity index (χ3n) is 1.22. The number of imidazole rings is 1. The van der Waals surface area contributed by atoms with Crippen LogP contribution in [-0.2, 0) is 11.3 Å². The quantitative estimate of drug-likeness (QED) is 0.669. The van der Waals surface area contributed by atoms with Crippen LogP contribution in [0.3, 0.4) is 0 Å². The van der Waals surface area contributed by atoms with Crippen molar-refractivity contribution in [1.82, 2.24) is 8.96 Å². The highest BCUT2D eigenvalue weighted by molar-refractivity contribution is 7.92. The Morgan fingerprint density at radius 3 is 3.08 bits per heavy atom. The maximum atomic E-state index is 12.1. The highest BCUT2D eigenvalue weighted by atomic mass is 32.2. The third kappa shape index (κ3) is 1.83. The molecule has 0 saturated carbocycles. The molecule has 66 valence electrons. The van der Waals surface area contributed by atoms with Crippen LogP contribution < -0.4 is 0 Å². The highest BCUT2D eigenvalue weighted by Crippen LogP contribution is 2.12. The van der Waals surface area contributed by atoms with Gasteiger partial charge in [0.05, 0.1) is 12.3 Å². The molecule has 0 N–H and O–H groups in total. The second-order valence-corrected chi connectivity index (χ2v) is 2.57. The van der Waals surface area contributed by atoms with Crippen molar-refractivity contribution in [2.75, 3.05) is 7.11 Å². The number of methoxy groups -OCH3 is 1. The van der Waals surface area contributed by atoms with Crippen molar-refractivity contribution in [3.05, 3.63) is 17.7 Å². The predicted octanol–water partition coefficient (Wildman–Crippen LogP) is 1.22. The lowest BCUT2D eigenvalue weighted by Crippen LogP contribution is -1.90. The molecule has 0 aliphatic rings. The van der Waals surface area contributed by atoms with E-state index in [1.807, 2.05) is 0 Å². The fourth-order valence-electron chi connectivity index (χ4n) is 0.778. The van der Waals surface area contributed by atoms with Gasteiger partial charge in [-0.2, -0.15) is 0 Å². The van der Waals surface area contributed by atoms with E-state index in [1.54, 1.807) is 0 Å². The van der Waals surface area contributed by atoms with Gasteiger partial charge in [0.15, 0.2) is 24.4 Å². The minimum atomic E-state index is -0.0659. The van der Waals surface area contributed by atoms with Crippen LogP contribution in [0.25, 0.3) is 0 Å². The van der Waals surface area contributed by atoms with Crippen molar-refractivity contribution in [2.45, 2.75) is 6.61 Å². The zero-order valence-electron chi connectivity index (χ0n) is 6.36. The van der Waals surface area contributed by atoms with Gasteiger partial charge in [0.25, 0.3) is 0 Å². The topological polar surface area (TPSA) is 44.1 Å². The summed E-state index contributed by atoms with van der Waals surface area (Å²) in [4.78, 5) is 14.1. The van der Waals surface area contributed by atoms with E-state index < -0.39 is 0 Å². The Morgan fingerprint density at radius 1 is 1.92 bits per heavy atom. The number of rotatable bonds is 4. The summed E-state index contributed by atoms with van der Waals surface area (Å²) >= 11 is -0.0659. The van der Waals surface area contributed by atoms with Gasteiger partial charge >= 0.3 is 0 Å². The number of aldehydes is 1. The lowest BCUT2D eigenvalue weighted by Gasteiger charge is -1.89. The molecular weight excluding hydrogens is 183 g/mol. The van der Waals surface area contributed by atoms with Crippen molar-refractivity contribution >= 4 is 18.6 Å². The monoisotopic (exact) mass is 190 g/mol. The minimum Gasteiger partial charge on any atom is -0.378 e. The number of carbonyl (C=O) groups excluding carboxylic acids is 1. The average Bonchev–Trinajstić information content (AvgIpc) is 2.48. The summed E-state index contributed by atoms with van der Waals surface area (Å²) in [7, 11) is 1.50.